The van der Waals surface area contributed by atoms with E-state index in [4.69, 9.17) is 28.2 Å². The SMILES string of the molecule is Cc1cc(C)cc(N2CC(C)C[N+]3=C2N=C2C3C(=O)N(Cc3ccc(Cl)c(Cl)c3)C(=O)N2C)c1. The number of hydrogen-bond donors (Lipinski definition) is 0. The van der Waals surface area contributed by atoms with Crippen molar-refractivity contribution in [3.8, 4) is 0 Å². The van der Waals surface area contributed by atoms with E-state index in [1.807, 2.05) is 4.58 Å². The second-order valence-electron chi connectivity index (χ2n) is 9.40. The lowest BCUT2D eigenvalue weighted by molar-refractivity contribution is -0.545. The number of amidine groups is 1. The summed E-state index contributed by atoms with van der Waals surface area (Å²) in [5.41, 5.74) is 4.11. The Morgan fingerprint density at radius 1 is 1.06 bits per heavy atom. The number of carbonyl (C=O) groups is 2. The Morgan fingerprint density at radius 2 is 1.76 bits per heavy atom. The minimum atomic E-state index is -0.642. The van der Waals surface area contributed by atoms with Gasteiger partial charge >= 0.3 is 12.0 Å². The molecule has 5 rings (SSSR count). The van der Waals surface area contributed by atoms with Crippen molar-refractivity contribution in [2.75, 3.05) is 25.0 Å². The van der Waals surface area contributed by atoms with Gasteiger partial charge in [-0.1, -0.05) is 47.3 Å². The number of benzene rings is 2. The Bertz CT molecular complexity index is 1270. The highest BCUT2D eigenvalue weighted by Gasteiger charge is 2.55. The van der Waals surface area contributed by atoms with Crippen molar-refractivity contribution in [3.63, 3.8) is 0 Å². The van der Waals surface area contributed by atoms with E-state index in [9.17, 15) is 9.59 Å². The molecule has 0 aromatic heterocycles. The van der Waals surface area contributed by atoms with Gasteiger partial charge in [0.25, 0.3) is 5.91 Å². The number of hydrogen-bond acceptors (Lipinski definition) is 4. The third-order valence-corrected chi connectivity index (χ3v) is 7.22. The number of aliphatic imine (C=N–C) groups is 1. The number of rotatable bonds is 3. The average molecular weight is 499 g/mol. The van der Waals surface area contributed by atoms with Crippen molar-refractivity contribution >= 4 is 52.6 Å². The molecule has 1 fully saturated rings. The number of imide groups is 1. The number of aryl methyl sites for hydroxylation is 2. The van der Waals surface area contributed by atoms with Crippen LogP contribution in [0.5, 0.6) is 0 Å². The van der Waals surface area contributed by atoms with Gasteiger partial charge in [0.05, 0.1) is 29.7 Å². The number of nitrogens with zero attached hydrogens (tertiary/aromatic N) is 5. The molecule has 3 aliphatic heterocycles. The lowest BCUT2D eigenvalue weighted by Crippen LogP contribution is -2.63. The van der Waals surface area contributed by atoms with Crippen LogP contribution in [0.15, 0.2) is 41.4 Å². The second kappa shape index (κ2) is 8.40. The Balaban J connectivity index is 1.53. The molecule has 2 atom stereocenters. The highest BCUT2D eigenvalue weighted by atomic mass is 35.5. The van der Waals surface area contributed by atoms with Crippen molar-refractivity contribution in [2.45, 2.75) is 33.4 Å². The number of halogens is 2. The molecule has 0 aliphatic carbocycles. The van der Waals surface area contributed by atoms with Crippen LogP contribution >= 0.6 is 23.2 Å². The van der Waals surface area contributed by atoms with Crippen molar-refractivity contribution in [1.29, 1.82) is 0 Å². The van der Waals surface area contributed by atoms with Gasteiger partial charge in [-0.05, 0) is 54.8 Å². The van der Waals surface area contributed by atoms with Gasteiger partial charge in [0, 0.05) is 13.0 Å². The van der Waals surface area contributed by atoms with E-state index in [0.717, 1.165) is 17.8 Å². The highest BCUT2D eigenvalue weighted by molar-refractivity contribution is 6.42. The summed E-state index contributed by atoms with van der Waals surface area (Å²) in [6, 6.07) is 10.5. The molecule has 2 aromatic rings. The van der Waals surface area contributed by atoms with Crippen LogP contribution in [0.1, 0.15) is 23.6 Å². The van der Waals surface area contributed by atoms with E-state index < -0.39 is 12.1 Å². The first kappa shape index (κ1) is 22.9. The molecule has 0 N–H and O–H groups in total. The van der Waals surface area contributed by atoms with Gasteiger partial charge in [-0.3, -0.25) is 14.6 Å². The summed E-state index contributed by atoms with van der Waals surface area (Å²) in [5, 5.41) is 0.814. The molecule has 2 unspecified atom stereocenters. The van der Waals surface area contributed by atoms with E-state index >= 15 is 0 Å². The lowest BCUT2D eigenvalue weighted by atomic mass is 10.0. The van der Waals surface area contributed by atoms with Gasteiger partial charge in [0.2, 0.25) is 11.9 Å². The summed E-state index contributed by atoms with van der Waals surface area (Å²) in [7, 11) is 1.67. The van der Waals surface area contributed by atoms with Crippen LogP contribution in [0, 0.1) is 19.8 Å². The van der Waals surface area contributed by atoms with Gasteiger partial charge in [-0.25, -0.2) is 14.3 Å². The minimum Gasteiger partial charge on any atom is -0.270 e. The molecule has 9 heteroatoms. The van der Waals surface area contributed by atoms with Crippen molar-refractivity contribution in [1.82, 2.24) is 9.80 Å². The molecule has 7 nitrogen and oxygen atoms in total. The highest BCUT2D eigenvalue weighted by Crippen LogP contribution is 2.30. The molecular weight excluding hydrogens is 473 g/mol. The van der Waals surface area contributed by atoms with E-state index in [0.29, 0.717) is 34.3 Å². The largest absolute Gasteiger partial charge is 0.397 e. The number of guanidine groups is 1. The summed E-state index contributed by atoms with van der Waals surface area (Å²) in [4.78, 5) is 36.6. The second-order valence-corrected chi connectivity index (χ2v) is 10.2. The summed E-state index contributed by atoms with van der Waals surface area (Å²) in [5.74, 6) is 1.21. The van der Waals surface area contributed by atoms with Gasteiger partial charge in [0.1, 0.15) is 5.69 Å². The summed E-state index contributed by atoms with van der Waals surface area (Å²) >= 11 is 12.2. The Kier molecular flexibility index (Phi) is 5.65. The number of amides is 3. The van der Waals surface area contributed by atoms with Gasteiger partial charge < -0.3 is 0 Å². The topological polar surface area (TPSA) is 59.2 Å². The molecule has 0 saturated carbocycles. The van der Waals surface area contributed by atoms with Crippen molar-refractivity contribution < 1.29 is 14.2 Å². The molecule has 2 aromatic carbocycles. The minimum absolute atomic E-state index is 0.113. The zero-order valence-electron chi connectivity index (χ0n) is 19.5. The number of carbonyl (C=O) groups excluding carboxylic acids is 2. The van der Waals surface area contributed by atoms with Crippen LogP contribution in [-0.4, -0.2) is 64.3 Å². The molecule has 3 aliphatic rings. The van der Waals surface area contributed by atoms with Gasteiger partial charge in [-0.2, -0.15) is 0 Å². The molecule has 0 bridgehead atoms. The number of likely N-dealkylation sites (N-methyl/N-ethyl adjacent to an activating group) is 1. The molecule has 1 saturated heterocycles. The maximum Gasteiger partial charge on any atom is 0.397 e. The number of fused-ring (bicyclic) bond motifs is 2. The number of urea groups is 1. The Labute approximate surface area is 208 Å². The van der Waals surface area contributed by atoms with Crippen molar-refractivity contribution in [3.05, 3.63) is 63.1 Å². The standard InChI is InChI=1S/C25H26Cl2N5O2/c1-14-7-15(2)9-18(8-14)30-11-16(3)12-31-21-22(28-24(30)31)29(4)25(34)32(23(21)33)13-17-5-6-19(26)20(27)10-17/h5-10,16,21H,11-13H2,1-4H3/q+1. The molecular formula is C25H26Cl2N5O2+. The predicted molar refractivity (Wildman–Crippen MR) is 134 cm³/mol. The molecule has 0 radical (unpaired) electrons. The van der Waals surface area contributed by atoms with E-state index in [-0.39, 0.29) is 12.5 Å². The van der Waals surface area contributed by atoms with Gasteiger partial charge in [-0.15, -0.1) is 0 Å². The normalized spacial score (nSPS) is 22.3. The van der Waals surface area contributed by atoms with Crippen LogP contribution in [-0.2, 0) is 11.3 Å². The third kappa shape index (κ3) is 3.77. The maximum absolute atomic E-state index is 13.7. The van der Waals surface area contributed by atoms with E-state index in [2.05, 4.69) is 43.9 Å². The molecule has 34 heavy (non-hydrogen) atoms. The van der Waals surface area contributed by atoms with Crippen LogP contribution in [0.2, 0.25) is 10.0 Å². The quantitative estimate of drug-likeness (QED) is 0.592. The molecule has 0 spiro atoms. The van der Waals surface area contributed by atoms with Crippen LogP contribution in [0.3, 0.4) is 0 Å². The average Bonchev–Trinajstić information content (AvgIpc) is 3.16. The van der Waals surface area contributed by atoms with E-state index in [1.54, 1.807) is 25.2 Å². The molecule has 3 heterocycles. The first-order valence-electron chi connectivity index (χ1n) is 11.2. The Morgan fingerprint density at radius 3 is 2.44 bits per heavy atom. The first-order chi connectivity index (χ1) is 16.1. The van der Waals surface area contributed by atoms with Crippen LogP contribution < -0.4 is 4.90 Å². The van der Waals surface area contributed by atoms with Crippen LogP contribution in [0.4, 0.5) is 10.5 Å². The number of anilines is 1. The summed E-state index contributed by atoms with van der Waals surface area (Å²) < 4.78 is 2.04. The van der Waals surface area contributed by atoms with Crippen molar-refractivity contribution in [2.24, 2.45) is 10.9 Å². The van der Waals surface area contributed by atoms with Crippen LogP contribution in [0.25, 0.3) is 0 Å². The fourth-order valence-corrected chi connectivity index (χ4v) is 5.31. The first-order valence-corrected chi connectivity index (χ1v) is 12.0. The van der Waals surface area contributed by atoms with E-state index in [1.165, 1.54) is 20.9 Å². The predicted octanol–water partition coefficient (Wildman–Crippen LogP) is 4.31. The lowest BCUT2D eigenvalue weighted by Gasteiger charge is -2.35. The smallest absolute Gasteiger partial charge is 0.270 e. The fraction of sp³-hybridized carbons (Fsp3) is 0.360. The summed E-state index contributed by atoms with van der Waals surface area (Å²) in [6.45, 7) is 7.90. The summed E-state index contributed by atoms with van der Waals surface area (Å²) in [6.07, 6.45) is 0. The van der Waals surface area contributed by atoms with Gasteiger partial charge in [0.15, 0.2) is 0 Å². The monoisotopic (exact) mass is 498 g/mol. The maximum atomic E-state index is 13.7. The molecule has 3 amide bonds. The molecule has 176 valence electrons. The Hall–Kier alpha value is -2.90. The zero-order chi connectivity index (χ0) is 24.3. The zero-order valence-corrected chi connectivity index (χ0v) is 21.1. The fourth-order valence-electron chi connectivity index (χ4n) is 4.99. The third-order valence-electron chi connectivity index (χ3n) is 6.48.